The zero-order valence-corrected chi connectivity index (χ0v) is 15.8. The van der Waals surface area contributed by atoms with E-state index in [0.717, 1.165) is 22.0 Å². The van der Waals surface area contributed by atoms with Gasteiger partial charge in [0.1, 0.15) is 5.25 Å². The zero-order valence-electron chi connectivity index (χ0n) is 14.9. The maximum absolute atomic E-state index is 13.2. The van der Waals surface area contributed by atoms with Crippen LogP contribution in [0.5, 0.6) is 0 Å². The van der Waals surface area contributed by atoms with Crippen LogP contribution < -0.4 is 5.43 Å². The predicted molar refractivity (Wildman–Crippen MR) is 93.9 cm³/mol. The van der Waals surface area contributed by atoms with E-state index < -0.39 is 29.3 Å². The van der Waals surface area contributed by atoms with Crippen molar-refractivity contribution in [1.29, 1.82) is 0 Å². The Bertz CT molecular complexity index is 821. The smallest absolute Gasteiger partial charge is 0.453 e. The minimum Gasteiger partial charge on any atom is -0.465 e. The molecule has 146 valence electrons. The van der Waals surface area contributed by atoms with Gasteiger partial charge in [-0.25, -0.2) is 4.68 Å². The van der Waals surface area contributed by atoms with E-state index in [4.69, 9.17) is 4.74 Å². The molecule has 1 N–H and O–H groups in total. The van der Waals surface area contributed by atoms with Gasteiger partial charge >= 0.3 is 12.1 Å². The van der Waals surface area contributed by atoms with Gasteiger partial charge in [-0.3, -0.25) is 4.79 Å². The Labute approximate surface area is 158 Å². The van der Waals surface area contributed by atoms with E-state index in [1.165, 1.54) is 0 Å². The maximum atomic E-state index is 13.2. The molecule has 0 spiro atoms. The van der Waals surface area contributed by atoms with Crippen LogP contribution in [0.3, 0.4) is 0 Å². The standard InChI is InChI=1S/C17H19F3N4O2S/c1-4-26-14(25)13-12(11-7-5-10(6-8-11)9(2)3)23-24-15(17(18,19)20)21-22-16(24)27-13/h5-9,12-13,23H,4H2,1-3H3/t12-,13+/m0/s1. The Kier molecular flexibility index (Phi) is 5.36. The molecule has 0 saturated carbocycles. The number of hydrogen-bond donors (Lipinski definition) is 1. The lowest BCUT2D eigenvalue weighted by Gasteiger charge is -2.32. The first kappa shape index (κ1) is 19.5. The van der Waals surface area contributed by atoms with E-state index >= 15 is 0 Å². The van der Waals surface area contributed by atoms with E-state index in [0.29, 0.717) is 11.5 Å². The Morgan fingerprint density at radius 3 is 2.52 bits per heavy atom. The number of esters is 1. The van der Waals surface area contributed by atoms with Gasteiger partial charge in [-0.05, 0) is 24.0 Å². The lowest BCUT2D eigenvalue weighted by atomic mass is 9.98. The largest absolute Gasteiger partial charge is 0.465 e. The summed E-state index contributed by atoms with van der Waals surface area (Å²) < 4.78 is 45.5. The zero-order chi connectivity index (χ0) is 19.8. The Balaban J connectivity index is 2.00. The second-order valence-electron chi connectivity index (χ2n) is 6.36. The molecular weight excluding hydrogens is 381 g/mol. The Morgan fingerprint density at radius 1 is 1.30 bits per heavy atom. The van der Waals surface area contributed by atoms with Crippen molar-refractivity contribution >= 4 is 17.7 Å². The fourth-order valence-corrected chi connectivity index (χ4v) is 3.86. The quantitative estimate of drug-likeness (QED) is 0.789. The average Bonchev–Trinajstić information content (AvgIpc) is 3.04. The van der Waals surface area contributed by atoms with Crippen molar-refractivity contribution in [2.45, 2.75) is 49.3 Å². The van der Waals surface area contributed by atoms with Crippen LogP contribution >= 0.6 is 11.8 Å². The first-order valence-corrected chi connectivity index (χ1v) is 9.32. The van der Waals surface area contributed by atoms with Crippen LogP contribution in [-0.2, 0) is 15.7 Å². The van der Waals surface area contributed by atoms with Gasteiger partial charge < -0.3 is 10.2 Å². The highest BCUT2D eigenvalue weighted by Crippen LogP contribution is 2.40. The van der Waals surface area contributed by atoms with Crippen LogP contribution in [-0.4, -0.2) is 32.7 Å². The van der Waals surface area contributed by atoms with Crippen LogP contribution in [0.15, 0.2) is 29.4 Å². The highest BCUT2D eigenvalue weighted by Gasteiger charge is 2.44. The topological polar surface area (TPSA) is 69.0 Å². The molecule has 1 aliphatic rings. The average molecular weight is 400 g/mol. The number of carbonyl (C=O) groups is 1. The Morgan fingerprint density at radius 2 is 1.96 bits per heavy atom. The number of alkyl halides is 3. The van der Waals surface area contributed by atoms with Gasteiger partial charge in [0, 0.05) is 0 Å². The van der Waals surface area contributed by atoms with Crippen molar-refractivity contribution in [3.8, 4) is 0 Å². The van der Waals surface area contributed by atoms with Crippen molar-refractivity contribution in [3.05, 3.63) is 41.2 Å². The van der Waals surface area contributed by atoms with Gasteiger partial charge in [-0.2, -0.15) is 13.2 Å². The molecule has 0 amide bonds. The molecular formula is C17H19F3N4O2S. The summed E-state index contributed by atoms with van der Waals surface area (Å²) in [6.07, 6.45) is -4.67. The van der Waals surface area contributed by atoms with Gasteiger partial charge in [0.2, 0.25) is 5.16 Å². The van der Waals surface area contributed by atoms with Crippen LogP contribution in [0.2, 0.25) is 0 Å². The molecule has 2 heterocycles. The monoisotopic (exact) mass is 400 g/mol. The first-order valence-electron chi connectivity index (χ1n) is 8.44. The minimum absolute atomic E-state index is 0.0320. The molecule has 27 heavy (non-hydrogen) atoms. The molecule has 0 radical (unpaired) electrons. The summed E-state index contributed by atoms with van der Waals surface area (Å²) in [5.41, 5.74) is 4.53. The molecule has 0 saturated heterocycles. The molecule has 0 unspecified atom stereocenters. The van der Waals surface area contributed by atoms with Crippen LogP contribution in [0.1, 0.15) is 49.7 Å². The van der Waals surface area contributed by atoms with Crippen molar-refractivity contribution in [2.75, 3.05) is 12.0 Å². The Hall–Kier alpha value is -2.23. The fourth-order valence-electron chi connectivity index (χ4n) is 2.78. The third-order valence-corrected chi connectivity index (χ3v) is 5.36. The number of aromatic nitrogens is 3. The molecule has 1 aliphatic heterocycles. The molecule has 3 rings (SSSR count). The minimum atomic E-state index is -4.67. The van der Waals surface area contributed by atoms with E-state index in [-0.39, 0.29) is 11.8 Å². The van der Waals surface area contributed by atoms with Crippen molar-refractivity contribution in [3.63, 3.8) is 0 Å². The number of fused-ring (bicyclic) bond motifs is 1. The van der Waals surface area contributed by atoms with Crippen molar-refractivity contribution < 1.29 is 22.7 Å². The molecule has 6 nitrogen and oxygen atoms in total. The number of halogens is 3. The first-order chi connectivity index (χ1) is 12.7. The van der Waals surface area contributed by atoms with Crippen LogP contribution in [0, 0.1) is 0 Å². The van der Waals surface area contributed by atoms with Crippen LogP contribution in [0.4, 0.5) is 13.2 Å². The summed E-state index contributed by atoms with van der Waals surface area (Å²) in [5, 5.41) is 5.98. The number of ether oxygens (including phenoxy) is 1. The summed E-state index contributed by atoms with van der Waals surface area (Å²) in [6.45, 7) is 5.94. The molecule has 0 bridgehead atoms. The number of benzene rings is 1. The number of nitrogens with zero attached hydrogens (tertiary/aromatic N) is 3. The fraction of sp³-hybridized carbons (Fsp3) is 0.471. The molecule has 10 heteroatoms. The second kappa shape index (κ2) is 7.41. The lowest BCUT2D eigenvalue weighted by molar-refractivity contribution is -0.147. The van der Waals surface area contributed by atoms with Gasteiger partial charge in [0.05, 0.1) is 12.6 Å². The van der Waals surface area contributed by atoms with Gasteiger partial charge in [0.25, 0.3) is 5.82 Å². The maximum Gasteiger partial charge on any atom is 0.453 e. The summed E-state index contributed by atoms with van der Waals surface area (Å²) in [5.74, 6) is -1.36. The number of thioether (sulfide) groups is 1. The number of hydrogen-bond acceptors (Lipinski definition) is 6. The third kappa shape index (κ3) is 3.90. The van der Waals surface area contributed by atoms with E-state index in [1.807, 2.05) is 38.1 Å². The lowest BCUT2D eigenvalue weighted by Crippen LogP contribution is -2.40. The van der Waals surface area contributed by atoms with Gasteiger partial charge in [-0.15, -0.1) is 10.2 Å². The summed E-state index contributed by atoms with van der Waals surface area (Å²) in [6, 6.07) is 6.70. The molecule has 0 fully saturated rings. The van der Waals surface area contributed by atoms with E-state index in [1.54, 1.807) is 6.92 Å². The SMILES string of the molecule is CCOC(=O)[C@@H]1Sc2nnc(C(F)(F)F)n2N[C@H]1c1ccc(C(C)C)cc1. The second-order valence-corrected chi connectivity index (χ2v) is 7.47. The predicted octanol–water partition coefficient (Wildman–Crippen LogP) is 3.74. The number of nitrogens with one attached hydrogen (secondary N) is 1. The third-order valence-electron chi connectivity index (χ3n) is 4.17. The molecule has 2 aromatic rings. The normalized spacial score (nSPS) is 19.5. The highest BCUT2D eigenvalue weighted by atomic mass is 32.2. The number of carbonyl (C=O) groups excluding carboxylic acids is 1. The van der Waals surface area contributed by atoms with Gasteiger partial charge in [0.15, 0.2) is 0 Å². The summed E-state index contributed by atoms with van der Waals surface area (Å²) in [4.78, 5) is 12.4. The molecule has 1 aromatic heterocycles. The van der Waals surface area contributed by atoms with E-state index in [2.05, 4.69) is 15.6 Å². The molecule has 0 aliphatic carbocycles. The molecule has 2 atom stereocenters. The van der Waals surface area contributed by atoms with Crippen molar-refractivity contribution in [1.82, 2.24) is 14.9 Å². The summed E-state index contributed by atoms with van der Waals surface area (Å²) >= 11 is 0.908. The molecule has 1 aromatic carbocycles. The highest BCUT2D eigenvalue weighted by molar-refractivity contribution is 8.00. The van der Waals surface area contributed by atoms with Crippen molar-refractivity contribution in [2.24, 2.45) is 0 Å². The summed E-state index contributed by atoms with van der Waals surface area (Å²) in [7, 11) is 0. The van der Waals surface area contributed by atoms with E-state index in [9.17, 15) is 18.0 Å². The number of rotatable bonds is 4. The van der Waals surface area contributed by atoms with Crippen LogP contribution in [0.25, 0.3) is 0 Å². The van der Waals surface area contributed by atoms with Gasteiger partial charge in [-0.1, -0.05) is 49.9 Å².